The van der Waals surface area contributed by atoms with Gasteiger partial charge in [-0.1, -0.05) is 13.0 Å². The van der Waals surface area contributed by atoms with Crippen LogP contribution in [0.5, 0.6) is 0 Å². The molecule has 1 unspecified atom stereocenters. The van der Waals surface area contributed by atoms with Crippen LogP contribution in [-0.4, -0.2) is 23.4 Å². The van der Waals surface area contributed by atoms with Gasteiger partial charge in [-0.3, -0.25) is 14.9 Å². The van der Waals surface area contributed by atoms with Crippen molar-refractivity contribution in [3.8, 4) is 6.07 Å². The molecule has 0 saturated carbocycles. The molecule has 20 heavy (non-hydrogen) atoms. The Labute approximate surface area is 116 Å². The van der Waals surface area contributed by atoms with Gasteiger partial charge in [-0.15, -0.1) is 0 Å². The predicted octanol–water partition coefficient (Wildman–Crippen LogP) is 1.79. The summed E-state index contributed by atoms with van der Waals surface area (Å²) in [5, 5.41) is 25.4. The second-order valence-corrected chi connectivity index (χ2v) is 4.23. The Balaban J connectivity index is 2.95. The number of nitrogens with zero attached hydrogens (tertiary/aromatic N) is 2. The van der Waals surface area contributed by atoms with E-state index in [1.165, 1.54) is 18.2 Å². The molecule has 0 radical (unpaired) electrons. The minimum absolute atomic E-state index is 0.0406. The van der Waals surface area contributed by atoms with Crippen molar-refractivity contribution in [1.82, 2.24) is 5.32 Å². The number of amides is 1. The van der Waals surface area contributed by atoms with Gasteiger partial charge in [-0.25, -0.2) is 0 Å². The lowest BCUT2D eigenvalue weighted by molar-refractivity contribution is -0.384. The van der Waals surface area contributed by atoms with Crippen LogP contribution in [0.25, 0.3) is 0 Å². The summed E-state index contributed by atoms with van der Waals surface area (Å²) in [6.07, 6.45) is 0.808. The van der Waals surface area contributed by atoms with Crippen molar-refractivity contribution in [1.29, 1.82) is 5.26 Å². The topological polar surface area (TPSA) is 108 Å². The number of carbonyl (C=O) groups is 1. The molecule has 0 aliphatic heterocycles. The minimum Gasteiger partial charge on any atom is -0.368 e. The summed E-state index contributed by atoms with van der Waals surface area (Å²) in [5.41, 5.74) is -0.195. The number of nitriles is 1. The van der Waals surface area contributed by atoms with Gasteiger partial charge in [0.25, 0.3) is 0 Å². The first-order chi connectivity index (χ1) is 9.51. The average Bonchev–Trinajstić information content (AvgIpc) is 2.43. The fourth-order valence-electron chi connectivity index (χ4n) is 1.65. The van der Waals surface area contributed by atoms with E-state index in [-0.39, 0.29) is 22.8 Å². The molecule has 2 N–H and O–H groups in total. The van der Waals surface area contributed by atoms with E-state index in [1.807, 2.05) is 6.92 Å². The highest BCUT2D eigenvalue weighted by Crippen LogP contribution is 2.28. The third kappa shape index (κ3) is 3.68. The third-order valence-electron chi connectivity index (χ3n) is 2.65. The lowest BCUT2D eigenvalue weighted by atomic mass is 10.1. The second kappa shape index (κ2) is 7.09. The normalized spacial score (nSPS) is 11.2. The lowest BCUT2D eigenvalue weighted by Crippen LogP contribution is -2.38. The van der Waals surface area contributed by atoms with E-state index in [0.29, 0.717) is 6.54 Å². The molecule has 1 rings (SSSR count). The molecule has 1 atom stereocenters. The zero-order valence-corrected chi connectivity index (χ0v) is 11.3. The standard InChI is InChI=1S/C13H16N4O3/c1-3-7-15-13(18)9(2)16-11-6-4-5-10(8-14)12(11)17(19)20/h4-6,9,16H,3,7H2,1-2H3,(H,15,18). The minimum atomic E-state index is -0.630. The monoisotopic (exact) mass is 276 g/mol. The molecule has 0 aliphatic carbocycles. The van der Waals surface area contributed by atoms with Crippen LogP contribution >= 0.6 is 0 Å². The van der Waals surface area contributed by atoms with Gasteiger partial charge in [0, 0.05) is 6.54 Å². The molecule has 1 aromatic rings. The maximum Gasteiger partial charge on any atom is 0.309 e. The summed E-state index contributed by atoms with van der Waals surface area (Å²) in [6.45, 7) is 4.08. The Bertz CT molecular complexity index is 551. The predicted molar refractivity (Wildman–Crippen MR) is 74.2 cm³/mol. The number of rotatable bonds is 6. The number of benzene rings is 1. The number of anilines is 1. The first kappa shape index (κ1) is 15.4. The molecule has 0 aliphatic rings. The van der Waals surface area contributed by atoms with E-state index in [4.69, 9.17) is 5.26 Å². The Kier molecular flexibility index (Phi) is 5.47. The molecule has 0 spiro atoms. The SMILES string of the molecule is CCCNC(=O)C(C)Nc1cccc(C#N)c1[N+](=O)[O-]. The van der Waals surface area contributed by atoms with E-state index >= 15 is 0 Å². The molecule has 0 fully saturated rings. The summed E-state index contributed by atoms with van der Waals surface area (Å²) in [5.74, 6) is -0.247. The highest BCUT2D eigenvalue weighted by molar-refractivity contribution is 5.85. The molecular weight excluding hydrogens is 260 g/mol. The lowest BCUT2D eigenvalue weighted by Gasteiger charge is -2.15. The number of nitro groups is 1. The molecule has 0 saturated heterocycles. The molecule has 7 nitrogen and oxygen atoms in total. The smallest absolute Gasteiger partial charge is 0.309 e. The Morgan fingerprint density at radius 2 is 2.25 bits per heavy atom. The van der Waals surface area contributed by atoms with Gasteiger partial charge in [-0.05, 0) is 25.5 Å². The molecule has 1 aromatic carbocycles. The van der Waals surface area contributed by atoms with Crippen LogP contribution in [0.2, 0.25) is 0 Å². The largest absolute Gasteiger partial charge is 0.368 e. The molecular formula is C13H16N4O3. The molecule has 1 amide bonds. The van der Waals surface area contributed by atoms with E-state index in [1.54, 1.807) is 13.0 Å². The van der Waals surface area contributed by atoms with Crippen molar-refractivity contribution in [2.24, 2.45) is 0 Å². The Hall–Kier alpha value is -2.62. The van der Waals surface area contributed by atoms with Gasteiger partial charge in [0.05, 0.1) is 4.92 Å². The van der Waals surface area contributed by atoms with Crippen LogP contribution in [0.3, 0.4) is 0 Å². The highest BCUT2D eigenvalue weighted by atomic mass is 16.6. The fourth-order valence-corrected chi connectivity index (χ4v) is 1.65. The number of hydrogen-bond acceptors (Lipinski definition) is 5. The summed E-state index contributed by atoms with van der Waals surface area (Å²) in [7, 11) is 0. The van der Waals surface area contributed by atoms with Gasteiger partial charge in [0.15, 0.2) is 0 Å². The van der Waals surface area contributed by atoms with Crippen LogP contribution in [0.15, 0.2) is 18.2 Å². The van der Waals surface area contributed by atoms with Crippen LogP contribution in [0.1, 0.15) is 25.8 Å². The summed E-state index contributed by atoms with van der Waals surface area (Å²) in [4.78, 5) is 22.1. The van der Waals surface area contributed by atoms with Crippen molar-refractivity contribution < 1.29 is 9.72 Å². The van der Waals surface area contributed by atoms with E-state index < -0.39 is 11.0 Å². The number of hydrogen-bond donors (Lipinski definition) is 2. The molecule has 0 aromatic heterocycles. The molecule has 0 bridgehead atoms. The summed E-state index contributed by atoms with van der Waals surface area (Å²) < 4.78 is 0. The average molecular weight is 276 g/mol. The second-order valence-electron chi connectivity index (χ2n) is 4.23. The molecule has 0 heterocycles. The van der Waals surface area contributed by atoms with Gasteiger partial charge in [0.2, 0.25) is 5.91 Å². The zero-order chi connectivity index (χ0) is 15.1. The van der Waals surface area contributed by atoms with Crippen molar-refractivity contribution >= 4 is 17.3 Å². The molecule has 7 heteroatoms. The van der Waals surface area contributed by atoms with Crippen molar-refractivity contribution in [3.63, 3.8) is 0 Å². The first-order valence-electron chi connectivity index (χ1n) is 6.23. The van der Waals surface area contributed by atoms with Crippen molar-refractivity contribution in [2.75, 3.05) is 11.9 Å². The van der Waals surface area contributed by atoms with Gasteiger partial charge < -0.3 is 10.6 Å². The van der Waals surface area contributed by atoms with Crippen molar-refractivity contribution in [2.45, 2.75) is 26.3 Å². The zero-order valence-electron chi connectivity index (χ0n) is 11.3. The van der Waals surface area contributed by atoms with Crippen LogP contribution in [0, 0.1) is 21.4 Å². The number of para-hydroxylation sites is 1. The van der Waals surface area contributed by atoms with Crippen LogP contribution in [-0.2, 0) is 4.79 Å². The quantitative estimate of drug-likeness (QED) is 0.608. The van der Waals surface area contributed by atoms with Crippen molar-refractivity contribution in [3.05, 3.63) is 33.9 Å². The van der Waals surface area contributed by atoms with Gasteiger partial charge >= 0.3 is 5.69 Å². The first-order valence-corrected chi connectivity index (χ1v) is 6.23. The summed E-state index contributed by atoms with van der Waals surface area (Å²) >= 11 is 0. The van der Waals surface area contributed by atoms with E-state index in [2.05, 4.69) is 10.6 Å². The molecule has 106 valence electrons. The van der Waals surface area contributed by atoms with Gasteiger partial charge in [-0.2, -0.15) is 5.26 Å². The van der Waals surface area contributed by atoms with E-state index in [0.717, 1.165) is 6.42 Å². The number of nitrogens with one attached hydrogen (secondary N) is 2. The fraction of sp³-hybridized carbons (Fsp3) is 0.385. The summed E-state index contributed by atoms with van der Waals surface area (Å²) in [6, 6.07) is 5.51. The maximum atomic E-state index is 11.7. The third-order valence-corrected chi connectivity index (χ3v) is 2.65. The van der Waals surface area contributed by atoms with Crippen LogP contribution in [0.4, 0.5) is 11.4 Å². The Morgan fingerprint density at radius 1 is 1.55 bits per heavy atom. The number of carbonyl (C=O) groups excluding carboxylic acids is 1. The number of nitro benzene ring substituents is 1. The maximum absolute atomic E-state index is 11.7. The Morgan fingerprint density at radius 3 is 2.80 bits per heavy atom. The van der Waals surface area contributed by atoms with Gasteiger partial charge in [0.1, 0.15) is 23.4 Å². The van der Waals surface area contributed by atoms with E-state index in [9.17, 15) is 14.9 Å². The van der Waals surface area contributed by atoms with Crippen LogP contribution < -0.4 is 10.6 Å². The highest BCUT2D eigenvalue weighted by Gasteiger charge is 2.22.